The fourth-order valence-electron chi connectivity index (χ4n) is 2.80. The molecule has 1 amide bonds. The Labute approximate surface area is 133 Å². The molecule has 4 nitrogen and oxygen atoms in total. The predicted molar refractivity (Wildman–Crippen MR) is 79.1 cm³/mol. The molecular formula is C16H21F3N2O2. The molecule has 2 rings (SSSR count). The van der Waals surface area contributed by atoms with Gasteiger partial charge in [-0.1, -0.05) is 6.92 Å². The van der Waals surface area contributed by atoms with Crippen molar-refractivity contribution < 1.29 is 23.1 Å². The third kappa shape index (κ3) is 4.45. The minimum atomic E-state index is -1.55. The van der Waals surface area contributed by atoms with Gasteiger partial charge in [0.05, 0.1) is 19.2 Å². The van der Waals surface area contributed by atoms with Crippen LogP contribution in [0.25, 0.3) is 0 Å². The summed E-state index contributed by atoms with van der Waals surface area (Å²) in [5.41, 5.74) is 0.0590. The molecule has 0 unspecified atom stereocenters. The van der Waals surface area contributed by atoms with Crippen LogP contribution in [0.4, 0.5) is 13.2 Å². The number of carbonyl (C=O) groups excluding carboxylic acids is 1. The van der Waals surface area contributed by atoms with Crippen LogP contribution in [0.1, 0.15) is 31.4 Å². The standard InChI is InChI=1S/C16H21F3N2O2/c1-10-3-2-4-21(8-10)15(23)7-20-14(9-22)11-5-12(17)16(19)13(18)6-11/h5-6,10,14,20,22H,2-4,7-9H2,1H3/t10-,14-/m1/s1. The molecule has 1 aromatic carbocycles. The Hall–Kier alpha value is -1.60. The number of likely N-dealkylation sites (tertiary alicyclic amines) is 1. The average Bonchev–Trinajstić information content (AvgIpc) is 2.52. The maximum Gasteiger partial charge on any atom is 0.236 e. The second-order valence-electron chi connectivity index (χ2n) is 6.00. The Morgan fingerprint density at radius 2 is 2.04 bits per heavy atom. The summed E-state index contributed by atoms with van der Waals surface area (Å²) in [6, 6.07) is 0.796. The lowest BCUT2D eigenvalue weighted by molar-refractivity contribution is -0.132. The van der Waals surface area contributed by atoms with Gasteiger partial charge >= 0.3 is 0 Å². The highest BCUT2D eigenvalue weighted by atomic mass is 19.2. The van der Waals surface area contributed by atoms with Crippen LogP contribution >= 0.6 is 0 Å². The zero-order valence-corrected chi connectivity index (χ0v) is 13.0. The summed E-state index contributed by atoms with van der Waals surface area (Å²) in [7, 11) is 0. The predicted octanol–water partition coefficient (Wildman–Crippen LogP) is 1.99. The first-order valence-corrected chi connectivity index (χ1v) is 7.68. The summed E-state index contributed by atoms with van der Waals surface area (Å²) in [5.74, 6) is -3.88. The molecule has 2 atom stereocenters. The average molecular weight is 330 g/mol. The molecule has 0 radical (unpaired) electrons. The number of rotatable bonds is 5. The number of piperidine rings is 1. The second kappa shape index (κ2) is 7.79. The summed E-state index contributed by atoms with van der Waals surface area (Å²) in [6.07, 6.45) is 2.04. The molecule has 0 aromatic heterocycles. The molecule has 1 aromatic rings. The van der Waals surface area contributed by atoms with Crippen LogP contribution in [-0.4, -0.2) is 42.2 Å². The summed E-state index contributed by atoms with van der Waals surface area (Å²) < 4.78 is 39.5. The lowest BCUT2D eigenvalue weighted by Crippen LogP contribution is -2.44. The molecule has 0 bridgehead atoms. The molecule has 7 heteroatoms. The molecule has 0 saturated carbocycles. The summed E-state index contributed by atoms with van der Waals surface area (Å²) in [5, 5.41) is 12.1. The van der Waals surface area contributed by atoms with E-state index in [0.29, 0.717) is 19.0 Å². The normalized spacial score (nSPS) is 19.7. The van der Waals surface area contributed by atoms with Gasteiger partial charge in [0.1, 0.15) is 0 Å². The van der Waals surface area contributed by atoms with Crippen molar-refractivity contribution in [2.24, 2.45) is 5.92 Å². The molecule has 0 aliphatic carbocycles. The van der Waals surface area contributed by atoms with Crippen LogP contribution in [0.15, 0.2) is 12.1 Å². The van der Waals surface area contributed by atoms with Gasteiger partial charge in [-0.15, -0.1) is 0 Å². The first-order valence-electron chi connectivity index (χ1n) is 7.68. The van der Waals surface area contributed by atoms with Gasteiger partial charge in [0.25, 0.3) is 0 Å². The molecule has 1 fully saturated rings. The van der Waals surface area contributed by atoms with Crippen LogP contribution in [0.2, 0.25) is 0 Å². The molecule has 0 spiro atoms. The number of amides is 1. The van der Waals surface area contributed by atoms with Crippen molar-refractivity contribution in [1.29, 1.82) is 0 Å². The van der Waals surface area contributed by atoms with E-state index in [-0.39, 0.29) is 18.0 Å². The van der Waals surface area contributed by atoms with E-state index >= 15 is 0 Å². The molecular weight excluding hydrogens is 309 g/mol. The summed E-state index contributed by atoms with van der Waals surface area (Å²) >= 11 is 0. The number of benzene rings is 1. The van der Waals surface area contributed by atoms with Crippen molar-refractivity contribution in [3.05, 3.63) is 35.1 Å². The number of nitrogens with one attached hydrogen (secondary N) is 1. The maximum absolute atomic E-state index is 13.3. The lowest BCUT2D eigenvalue weighted by Gasteiger charge is -2.31. The van der Waals surface area contributed by atoms with E-state index in [1.807, 2.05) is 0 Å². The molecule has 23 heavy (non-hydrogen) atoms. The van der Waals surface area contributed by atoms with Crippen molar-refractivity contribution in [2.45, 2.75) is 25.8 Å². The third-order valence-corrected chi connectivity index (χ3v) is 4.10. The second-order valence-corrected chi connectivity index (χ2v) is 6.00. The van der Waals surface area contributed by atoms with E-state index in [1.54, 1.807) is 4.90 Å². The van der Waals surface area contributed by atoms with Gasteiger partial charge in [0, 0.05) is 13.1 Å². The quantitative estimate of drug-likeness (QED) is 0.812. The van der Waals surface area contributed by atoms with Crippen LogP contribution < -0.4 is 5.32 Å². The molecule has 1 heterocycles. The number of aliphatic hydroxyl groups is 1. The van der Waals surface area contributed by atoms with Gasteiger partial charge in [-0.2, -0.15) is 0 Å². The Morgan fingerprint density at radius 1 is 1.39 bits per heavy atom. The summed E-state index contributed by atoms with van der Waals surface area (Å²) in [4.78, 5) is 13.9. The fourth-order valence-corrected chi connectivity index (χ4v) is 2.80. The highest BCUT2D eigenvalue weighted by molar-refractivity contribution is 5.78. The van der Waals surface area contributed by atoms with Gasteiger partial charge in [-0.25, -0.2) is 13.2 Å². The number of halogens is 3. The lowest BCUT2D eigenvalue weighted by atomic mass is 10.0. The molecule has 1 saturated heterocycles. The minimum absolute atomic E-state index is 0.0570. The zero-order chi connectivity index (χ0) is 17.0. The van der Waals surface area contributed by atoms with Crippen LogP contribution in [-0.2, 0) is 4.79 Å². The van der Waals surface area contributed by atoms with Gasteiger partial charge in [-0.3, -0.25) is 10.1 Å². The van der Waals surface area contributed by atoms with E-state index < -0.39 is 30.1 Å². The Balaban J connectivity index is 1.98. The van der Waals surface area contributed by atoms with Crippen molar-refractivity contribution in [3.8, 4) is 0 Å². The number of carbonyl (C=O) groups is 1. The number of hydrogen-bond acceptors (Lipinski definition) is 3. The molecule has 128 valence electrons. The first-order chi connectivity index (χ1) is 10.9. The first kappa shape index (κ1) is 17.7. The zero-order valence-electron chi connectivity index (χ0n) is 13.0. The van der Waals surface area contributed by atoms with Gasteiger partial charge in [0.2, 0.25) is 5.91 Å². The fraction of sp³-hybridized carbons (Fsp3) is 0.562. The van der Waals surface area contributed by atoms with E-state index in [0.717, 1.165) is 25.0 Å². The highest BCUT2D eigenvalue weighted by Crippen LogP contribution is 2.20. The Kier molecular flexibility index (Phi) is 6.01. The van der Waals surface area contributed by atoms with Gasteiger partial charge in [0.15, 0.2) is 17.5 Å². The van der Waals surface area contributed by atoms with E-state index in [9.17, 15) is 23.1 Å². The molecule has 1 aliphatic rings. The SMILES string of the molecule is C[C@@H]1CCCN(C(=O)CN[C@H](CO)c2cc(F)c(F)c(F)c2)C1. The van der Waals surface area contributed by atoms with Crippen LogP contribution in [0, 0.1) is 23.4 Å². The van der Waals surface area contributed by atoms with E-state index in [1.165, 1.54) is 0 Å². The third-order valence-electron chi connectivity index (χ3n) is 4.10. The topological polar surface area (TPSA) is 52.6 Å². The molecule has 1 aliphatic heterocycles. The largest absolute Gasteiger partial charge is 0.394 e. The highest BCUT2D eigenvalue weighted by Gasteiger charge is 2.22. The maximum atomic E-state index is 13.3. The van der Waals surface area contributed by atoms with E-state index in [4.69, 9.17) is 0 Å². The van der Waals surface area contributed by atoms with Crippen LogP contribution in [0.5, 0.6) is 0 Å². The minimum Gasteiger partial charge on any atom is -0.394 e. The number of aliphatic hydroxyl groups excluding tert-OH is 1. The smallest absolute Gasteiger partial charge is 0.236 e. The van der Waals surface area contributed by atoms with Gasteiger partial charge < -0.3 is 10.0 Å². The van der Waals surface area contributed by atoms with Crippen LogP contribution in [0.3, 0.4) is 0 Å². The summed E-state index contributed by atoms with van der Waals surface area (Å²) in [6.45, 7) is 2.93. The van der Waals surface area contributed by atoms with Crippen molar-refractivity contribution >= 4 is 5.91 Å². The Morgan fingerprint density at radius 3 is 2.61 bits per heavy atom. The van der Waals surface area contributed by atoms with Crippen molar-refractivity contribution in [3.63, 3.8) is 0 Å². The molecule has 2 N–H and O–H groups in total. The monoisotopic (exact) mass is 330 g/mol. The Bertz CT molecular complexity index is 545. The number of nitrogens with zero attached hydrogens (tertiary/aromatic N) is 1. The van der Waals surface area contributed by atoms with E-state index in [2.05, 4.69) is 12.2 Å². The number of hydrogen-bond donors (Lipinski definition) is 2. The van der Waals surface area contributed by atoms with Crippen molar-refractivity contribution in [1.82, 2.24) is 10.2 Å². The van der Waals surface area contributed by atoms with Crippen molar-refractivity contribution in [2.75, 3.05) is 26.2 Å². The van der Waals surface area contributed by atoms with Gasteiger partial charge in [-0.05, 0) is 36.5 Å².